The van der Waals surface area contributed by atoms with Crippen LogP contribution >= 0.6 is 0 Å². The summed E-state index contributed by atoms with van der Waals surface area (Å²) in [5.41, 5.74) is 3.17. The Balaban J connectivity index is 2.04. The van der Waals surface area contributed by atoms with Gasteiger partial charge in [0.05, 0.1) is 5.75 Å². The van der Waals surface area contributed by atoms with E-state index in [1.54, 1.807) is 6.92 Å². The second-order valence-electron chi connectivity index (χ2n) is 4.42. The Hall–Kier alpha value is -1.49. The summed E-state index contributed by atoms with van der Waals surface area (Å²) < 4.78 is 22.7. The quantitative estimate of drug-likeness (QED) is 0.873. The largest absolute Gasteiger partial charge is 0.384 e. The molecular weight excluding hydrogens is 248 g/mol. The van der Waals surface area contributed by atoms with E-state index in [4.69, 9.17) is 0 Å². The van der Waals surface area contributed by atoms with E-state index in [2.05, 4.69) is 16.4 Å². The highest BCUT2D eigenvalue weighted by Crippen LogP contribution is 2.19. The van der Waals surface area contributed by atoms with Gasteiger partial charge in [0.25, 0.3) is 0 Å². The van der Waals surface area contributed by atoms with Crippen LogP contribution in [0.1, 0.15) is 12.6 Å². The zero-order valence-corrected chi connectivity index (χ0v) is 11.5. The summed E-state index contributed by atoms with van der Waals surface area (Å²) in [4.78, 5) is 3.25. The number of aryl methyl sites for hydroxylation is 1. The minimum absolute atomic E-state index is 0.174. The Morgan fingerprint density at radius 1 is 1.28 bits per heavy atom. The minimum atomic E-state index is -2.90. The van der Waals surface area contributed by atoms with E-state index in [0.29, 0.717) is 6.54 Å². The van der Waals surface area contributed by atoms with Crippen molar-refractivity contribution in [1.29, 1.82) is 0 Å². The average Bonchev–Trinajstić information content (AvgIpc) is 2.68. The molecule has 0 radical (unpaired) electrons. The highest BCUT2D eigenvalue weighted by Gasteiger charge is 2.06. The number of hydrogen-bond acceptors (Lipinski definition) is 3. The Labute approximate surface area is 107 Å². The Morgan fingerprint density at radius 3 is 2.78 bits per heavy atom. The molecule has 1 heterocycles. The fourth-order valence-electron chi connectivity index (χ4n) is 1.88. The van der Waals surface area contributed by atoms with Gasteiger partial charge in [-0.15, -0.1) is 0 Å². The first kappa shape index (κ1) is 13.0. The molecule has 4 nitrogen and oxygen atoms in total. The number of H-pyrrole nitrogens is 1. The summed E-state index contributed by atoms with van der Waals surface area (Å²) in [5, 5.41) is 4.28. The zero-order valence-electron chi connectivity index (χ0n) is 10.7. The van der Waals surface area contributed by atoms with E-state index in [9.17, 15) is 8.42 Å². The normalized spacial score (nSPS) is 11.9. The summed E-state index contributed by atoms with van der Waals surface area (Å²) in [6, 6.07) is 8.05. The fraction of sp³-hybridized carbons (Fsp3) is 0.385. The van der Waals surface area contributed by atoms with Crippen LogP contribution in [0, 0.1) is 6.92 Å². The number of anilines is 1. The molecule has 0 aliphatic heterocycles. The van der Waals surface area contributed by atoms with E-state index in [-0.39, 0.29) is 11.5 Å². The maximum absolute atomic E-state index is 11.4. The van der Waals surface area contributed by atoms with Gasteiger partial charge in [-0.2, -0.15) is 0 Å². The highest BCUT2D eigenvalue weighted by atomic mass is 32.2. The average molecular weight is 266 g/mol. The molecule has 2 rings (SSSR count). The van der Waals surface area contributed by atoms with Gasteiger partial charge in [0.2, 0.25) is 0 Å². The topological polar surface area (TPSA) is 62.0 Å². The van der Waals surface area contributed by atoms with Gasteiger partial charge < -0.3 is 10.3 Å². The second kappa shape index (κ2) is 5.02. The molecule has 0 spiro atoms. The molecule has 98 valence electrons. The highest BCUT2D eigenvalue weighted by molar-refractivity contribution is 7.91. The number of fused-ring (bicyclic) bond motifs is 1. The Kier molecular flexibility index (Phi) is 3.61. The van der Waals surface area contributed by atoms with Crippen molar-refractivity contribution in [2.75, 3.05) is 23.4 Å². The molecule has 0 atom stereocenters. The molecule has 0 amide bonds. The molecule has 1 aromatic carbocycles. The first-order valence-corrected chi connectivity index (χ1v) is 7.86. The smallest absolute Gasteiger partial charge is 0.151 e. The molecule has 0 aliphatic rings. The summed E-state index contributed by atoms with van der Waals surface area (Å²) in [6.45, 7) is 4.13. The monoisotopic (exact) mass is 266 g/mol. The van der Waals surface area contributed by atoms with Crippen molar-refractivity contribution in [1.82, 2.24) is 4.98 Å². The maximum atomic E-state index is 11.4. The number of sulfone groups is 1. The van der Waals surface area contributed by atoms with E-state index < -0.39 is 9.84 Å². The Bertz CT molecular complexity index is 644. The summed E-state index contributed by atoms with van der Waals surface area (Å²) >= 11 is 0. The van der Waals surface area contributed by atoms with Gasteiger partial charge in [0.1, 0.15) is 0 Å². The third-order valence-electron chi connectivity index (χ3n) is 2.94. The lowest BCUT2D eigenvalue weighted by Gasteiger charge is -2.06. The number of aromatic nitrogens is 1. The molecule has 0 fully saturated rings. The van der Waals surface area contributed by atoms with Crippen LogP contribution < -0.4 is 5.32 Å². The first-order valence-electron chi connectivity index (χ1n) is 6.04. The molecule has 2 aromatic rings. The van der Waals surface area contributed by atoms with Crippen molar-refractivity contribution in [3.05, 3.63) is 30.0 Å². The van der Waals surface area contributed by atoms with E-state index >= 15 is 0 Å². The molecule has 0 saturated heterocycles. The van der Waals surface area contributed by atoms with E-state index in [1.807, 2.05) is 25.1 Å². The van der Waals surface area contributed by atoms with Gasteiger partial charge >= 0.3 is 0 Å². The van der Waals surface area contributed by atoms with Crippen molar-refractivity contribution < 1.29 is 8.42 Å². The summed E-state index contributed by atoms with van der Waals surface area (Å²) in [5.74, 6) is 0.373. The van der Waals surface area contributed by atoms with Crippen LogP contribution in [0.5, 0.6) is 0 Å². The van der Waals surface area contributed by atoms with Crippen molar-refractivity contribution >= 4 is 26.4 Å². The summed E-state index contributed by atoms with van der Waals surface area (Å²) in [7, 11) is -2.90. The number of rotatable bonds is 5. The van der Waals surface area contributed by atoms with Crippen LogP contribution in [-0.2, 0) is 9.84 Å². The zero-order chi connectivity index (χ0) is 13.2. The predicted molar refractivity (Wildman–Crippen MR) is 75.9 cm³/mol. The van der Waals surface area contributed by atoms with E-state index in [0.717, 1.165) is 22.3 Å². The molecule has 2 N–H and O–H groups in total. The van der Waals surface area contributed by atoms with Crippen molar-refractivity contribution in [2.45, 2.75) is 13.8 Å². The molecule has 18 heavy (non-hydrogen) atoms. The van der Waals surface area contributed by atoms with Crippen molar-refractivity contribution in [2.24, 2.45) is 0 Å². The SMILES string of the molecule is CCS(=O)(=O)CCNc1ccc2[nH]c(C)cc2c1. The lowest BCUT2D eigenvalue weighted by molar-refractivity contribution is 0.597. The fourth-order valence-corrected chi connectivity index (χ4v) is 2.58. The van der Waals surface area contributed by atoms with Crippen LogP contribution in [0.2, 0.25) is 0 Å². The number of nitrogens with one attached hydrogen (secondary N) is 2. The maximum Gasteiger partial charge on any atom is 0.151 e. The van der Waals surface area contributed by atoms with Gasteiger partial charge in [0.15, 0.2) is 9.84 Å². The van der Waals surface area contributed by atoms with Crippen molar-refractivity contribution in [3.63, 3.8) is 0 Å². The number of aromatic amines is 1. The minimum Gasteiger partial charge on any atom is -0.384 e. The molecule has 0 saturated carbocycles. The van der Waals surface area contributed by atoms with Crippen LogP contribution in [0.3, 0.4) is 0 Å². The molecular formula is C13H18N2O2S. The Morgan fingerprint density at radius 2 is 2.06 bits per heavy atom. The predicted octanol–water partition coefficient (Wildman–Crippen LogP) is 2.32. The molecule has 5 heteroatoms. The van der Waals surface area contributed by atoms with Gasteiger partial charge in [0, 0.05) is 34.6 Å². The molecule has 0 unspecified atom stereocenters. The summed E-state index contributed by atoms with van der Waals surface area (Å²) in [6.07, 6.45) is 0. The van der Waals surface area contributed by atoms with Crippen LogP contribution in [-0.4, -0.2) is 31.5 Å². The number of hydrogen-bond donors (Lipinski definition) is 2. The van der Waals surface area contributed by atoms with Gasteiger partial charge in [-0.25, -0.2) is 8.42 Å². The van der Waals surface area contributed by atoms with Crippen LogP contribution in [0.4, 0.5) is 5.69 Å². The van der Waals surface area contributed by atoms with Crippen LogP contribution in [0.15, 0.2) is 24.3 Å². The van der Waals surface area contributed by atoms with E-state index in [1.165, 1.54) is 0 Å². The third-order valence-corrected chi connectivity index (χ3v) is 4.64. The van der Waals surface area contributed by atoms with Gasteiger partial charge in [-0.05, 0) is 31.2 Å². The van der Waals surface area contributed by atoms with Crippen LogP contribution in [0.25, 0.3) is 10.9 Å². The lowest BCUT2D eigenvalue weighted by Crippen LogP contribution is -2.17. The molecule has 0 aliphatic carbocycles. The third kappa shape index (κ3) is 3.04. The van der Waals surface area contributed by atoms with Crippen molar-refractivity contribution in [3.8, 4) is 0 Å². The molecule has 1 aromatic heterocycles. The number of benzene rings is 1. The van der Waals surface area contributed by atoms with Gasteiger partial charge in [-0.3, -0.25) is 0 Å². The lowest BCUT2D eigenvalue weighted by atomic mass is 10.2. The first-order chi connectivity index (χ1) is 8.50. The van der Waals surface area contributed by atoms with Gasteiger partial charge in [-0.1, -0.05) is 6.92 Å². The molecule has 0 bridgehead atoms. The standard InChI is InChI=1S/C13H18N2O2S/c1-3-18(16,17)7-6-14-12-4-5-13-11(9-12)8-10(2)15-13/h4-5,8-9,14-15H,3,6-7H2,1-2H3. The second-order valence-corrected chi connectivity index (χ2v) is 6.89.